The third-order valence-corrected chi connectivity index (χ3v) is 6.69. The minimum Gasteiger partial charge on any atom is -0.361 e. The van der Waals surface area contributed by atoms with Gasteiger partial charge in [-0.05, 0) is 53.9 Å². The number of benzene rings is 3. The fraction of sp³-hybridized carbons (Fsp3) is 0.296. The van der Waals surface area contributed by atoms with E-state index in [0.29, 0.717) is 18.1 Å². The Balaban J connectivity index is 1.62. The zero-order chi connectivity index (χ0) is 22.5. The minimum absolute atomic E-state index is 0.0455. The standard InChI is InChI=1S/C27H28Cl2N2O/c1-2-6-25(20-7-4-3-5-8-20)27(32)30-17-18-31(24-15-13-23(29)14-16-24)26(19-30)21-9-11-22(28)12-10-21/h3-5,7-16,25-26H,2,6,17-19H2,1H3. The first kappa shape index (κ1) is 22.7. The second kappa shape index (κ2) is 10.4. The zero-order valence-corrected chi connectivity index (χ0v) is 19.8. The molecule has 3 aromatic carbocycles. The summed E-state index contributed by atoms with van der Waals surface area (Å²) in [5, 5.41) is 1.43. The molecule has 0 bridgehead atoms. The molecule has 1 aliphatic rings. The highest BCUT2D eigenvalue weighted by Gasteiger charge is 2.34. The number of anilines is 1. The van der Waals surface area contributed by atoms with Crippen molar-refractivity contribution in [2.45, 2.75) is 31.7 Å². The largest absolute Gasteiger partial charge is 0.361 e. The molecule has 166 valence electrons. The van der Waals surface area contributed by atoms with E-state index in [0.717, 1.165) is 41.2 Å². The van der Waals surface area contributed by atoms with Crippen LogP contribution in [0.3, 0.4) is 0 Å². The molecule has 2 atom stereocenters. The Hall–Kier alpha value is -2.49. The van der Waals surface area contributed by atoms with Crippen LogP contribution in [0, 0.1) is 0 Å². The maximum absolute atomic E-state index is 13.7. The molecule has 1 aliphatic heterocycles. The Morgan fingerprint density at radius 2 is 1.53 bits per heavy atom. The van der Waals surface area contributed by atoms with Crippen LogP contribution in [-0.2, 0) is 4.79 Å². The molecule has 0 saturated carbocycles. The SMILES string of the molecule is CCCC(C(=O)N1CCN(c2ccc(Cl)cc2)C(c2ccc(Cl)cc2)C1)c1ccccc1. The molecule has 5 heteroatoms. The fourth-order valence-corrected chi connectivity index (χ4v) is 4.77. The van der Waals surface area contributed by atoms with Crippen molar-refractivity contribution in [3.05, 3.63) is 100 Å². The van der Waals surface area contributed by atoms with Crippen LogP contribution in [0.5, 0.6) is 0 Å². The van der Waals surface area contributed by atoms with Crippen molar-refractivity contribution < 1.29 is 4.79 Å². The van der Waals surface area contributed by atoms with Gasteiger partial charge in [0, 0.05) is 35.4 Å². The van der Waals surface area contributed by atoms with E-state index in [2.05, 4.69) is 36.1 Å². The van der Waals surface area contributed by atoms with E-state index in [4.69, 9.17) is 23.2 Å². The zero-order valence-electron chi connectivity index (χ0n) is 18.3. The summed E-state index contributed by atoms with van der Waals surface area (Å²) in [7, 11) is 0. The Morgan fingerprint density at radius 3 is 2.16 bits per heavy atom. The number of halogens is 2. The summed E-state index contributed by atoms with van der Waals surface area (Å²) in [6.07, 6.45) is 1.82. The summed E-state index contributed by atoms with van der Waals surface area (Å²) < 4.78 is 0. The molecule has 1 heterocycles. The lowest BCUT2D eigenvalue weighted by atomic mass is 9.92. The summed E-state index contributed by atoms with van der Waals surface area (Å²) in [5.41, 5.74) is 3.35. The van der Waals surface area contributed by atoms with E-state index in [1.807, 2.05) is 59.5 Å². The summed E-state index contributed by atoms with van der Waals surface area (Å²) in [4.78, 5) is 18.1. The van der Waals surface area contributed by atoms with Gasteiger partial charge in [-0.15, -0.1) is 0 Å². The first-order chi connectivity index (χ1) is 15.6. The van der Waals surface area contributed by atoms with E-state index in [1.165, 1.54) is 0 Å². The maximum Gasteiger partial charge on any atom is 0.230 e. The third kappa shape index (κ3) is 5.11. The van der Waals surface area contributed by atoms with Crippen LogP contribution >= 0.6 is 23.2 Å². The first-order valence-corrected chi connectivity index (χ1v) is 11.9. The second-order valence-corrected chi connectivity index (χ2v) is 9.15. The van der Waals surface area contributed by atoms with Gasteiger partial charge in [0.2, 0.25) is 5.91 Å². The monoisotopic (exact) mass is 466 g/mol. The van der Waals surface area contributed by atoms with Gasteiger partial charge in [0.05, 0.1) is 12.0 Å². The summed E-state index contributed by atoms with van der Waals surface area (Å²) in [6, 6.07) is 26.1. The van der Waals surface area contributed by atoms with E-state index < -0.39 is 0 Å². The van der Waals surface area contributed by atoms with Gasteiger partial charge in [-0.25, -0.2) is 0 Å². The van der Waals surface area contributed by atoms with E-state index in [-0.39, 0.29) is 17.9 Å². The van der Waals surface area contributed by atoms with Crippen molar-refractivity contribution in [3.63, 3.8) is 0 Å². The number of rotatable bonds is 6. The van der Waals surface area contributed by atoms with Crippen molar-refractivity contribution in [2.24, 2.45) is 0 Å². The van der Waals surface area contributed by atoms with Gasteiger partial charge >= 0.3 is 0 Å². The van der Waals surface area contributed by atoms with Crippen molar-refractivity contribution in [2.75, 3.05) is 24.5 Å². The number of hydrogen-bond acceptors (Lipinski definition) is 2. The number of amides is 1. The summed E-state index contributed by atoms with van der Waals surface area (Å²) in [5.74, 6) is 0.113. The summed E-state index contributed by atoms with van der Waals surface area (Å²) in [6.45, 7) is 4.22. The molecule has 4 rings (SSSR count). The molecule has 0 radical (unpaired) electrons. The number of nitrogens with zero attached hydrogens (tertiary/aromatic N) is 2. The van der Waals surface area contributed by atoms with Crippen molar-refractivity contribution in [1.82, 2.24) is 4.90 Å². The Bertz CT molecular complexity index is 1020. The normalized spacial score (nSPS) is 17.3. The first-order valence-electron chi connectivity index (χ1n) is 11.2. The molecule has 0 aliphatic carbocycles. The lowest BCUT2D eigenvalue weighted by Gasteiger charge is -2.44. The second-order valence-electron chi connectivity index (χ2n) is 8.27. The molecule has 3 nitrogen and oxygen atoms in total. The highest BCUT2D eigenvalue weighted by atomic mass is 35.5. The molecule has 0 spiro atoms. The van der Waals surface area contributed by atoms with Crippen LogP contribution in [0.25, 0.3) is 0 Å². The molecule has 3 aromatic rings. The number of hydrogen-bond donors (Lipinski definition) is 0. The molecule has 0 N–H and O–H groups in total. The number of piperazine rings is 1. The van der Waals surface area contributed by atoms with Crippen LogP contribution in [0.2, 0.25) is 10.0 Å². The van der Waals surface area contributed by atoms with Crippen molar-refractivity contribution in [3.8, 4) is 0 Å². The highest BCUT2D eigenvalue weighted by molar-refractivity contribution is 6.30. The number of carbonyl (C=O) groups is 1. The van der Waals surface area contributed by atoms with Gasteiger partial charge < -0.3 is 9.80 Å². The van der Waals surface area contributed by atoms with Gasteiger partial charge in [-0.1, -0.05) is 79.0 Å². The molecule has 0 aromatic heterocycles. The summed E-state index contributed by atoms with van der Waals surface area (Å²) >= 11 is 12.3. The minimum atomic E-state index is -0.103. The van der Waals surface area contributed by atoms with Gasteiger partial charge in [0.1, 0.15) is 0 Å². The van der Waals surface area contributed by atoms with Gasteiger partial charge in [-0.2, -0.15) is 0 Å². The van der Waals surface area contributed by atoms with Crippen LogP contribution in [-0.4, -0.2) is 30.4 Å². The molecule has 1 fully saturated rings. The predicted molar refractivity (Wildman–Crippen MR) is 134 cm³/mol. The topological polar surface area (TPSA) is 23.6 Å². The molecular weight excluding hydrogens is 439 g/mol. The van der Waals surface area contributed by atoms with Gasteiger partial charge in [0.15, 0.2) is 0 Å². The Kier molecular flexibility index (Phi) is 7.39. The highest BCUT2D eigenvalue weighted by Crippen LogP contribution is 2.34. The van der Waals surface area contributed by atoms with E-state index in [9.17, 15) is 4.79 Å². The van der Waals surface area contributed by atoms with Crippen LogP contribution in [0.4, 0.5) is 5.69 Å². The third-order valence-electron chi connectivity index (χ3n) is 6.18. The van der Waals surface area contributed by atoms with Gasteiger partial charge in [0.25, 0.3) is 0 Å². The Morgan fingerprint density at radius 1 is 0.906 bits per heavy atom. The lowest BCUT2D eigenvalue weighted by molar-refractivity contribution is -0.133. The number of carbonyl (C=O) groups excluding carboxylic acids is 1. The quantitative estimate of drug-likeness (QED) is 0.391. The molecule has 1 amide bonds. The van der Waals surface area contributed by atoms with Crippen molar-refractivity contribution in [1.29, 1.82) is 0 Å². The van der Waals surface area contributed by atoms with Crippen LogP contribution in [0.15, 0.2) is 78.9 Å². The van der Waals surface area contributed by atoms with Crippen LogP contribution < -0.4 is 4.90 Å². The lowest BCUT2D eigenvalue weighted by Crippen LogP contribution is -2.51. The maximum atomic E-state index is 13.7. The molecular formula is C27H28Cl2N2O. The Labute approximate surface area is 200 Å². The average molecular weight is 467 g/mol. The van der Waals surface area contributed by atoms with E-state index >= 15 is 0 Å². The fourth-order valence-electron chi connectivity index (χ4n) is 4.52. The smallest absolute Gasteiger partial charge is 0.230 e. The molecule has 1 saturated heterocycles. The van der Waals surface area contributed by atoms with Gasteiger partial charge in [-0.3, -0.25) is 4.79 Å². The van der Waals surface area contributed by atoms with Crippen molar-refractivity contribution >= 4 is 34.8 Å². The molecule has 2 unspecified atom stereocenters. The van der Waals surface area contributed by atoms with E-state index in [1.54, 1.807) is 0 Å². The molecule has 32 heavy (non-hydrogen) atoms. The predicted octanol–water partition coefficient (Wildman–Crippen LogP) is 6.97. The average Bonchev–Trinajstić information content (AvgIpc) is 2.83. The van der Waals surface area contributed by atoms with Crippen LogP contribution in [0.1, 0.15) is 42.9 Å².